The van der Waals surface area contributed by atoms with Crippen molar-refractivity contribution in [2.45, 2.75) is 37.2 Å². The standard InChI is InChI=1S/C20H25N3O4S2/c1-14-7-15(2)9-17(8-14)29(25,26)23-11-20(12-23)16(4-6-27-20)3-5-21-19(24)18-10-28-13-22-18/h7-10,13,16H,3-6,11-12H2,1-2H3,(H,21,24)/t16-/m1/s1. The maximum absolute atomic E-state index is 13.0. The van der Waals surface area contributed by atoms with Crippen LogP contribution in [0.5, 0.6) is 0 Å². The van der Waals surface area contributed by atoms with Crippen LogP contribution >= 0.6 is 11.3 Å². The lowest BCUT2D eigenvalue weighted by Gasteiger charge is -2.49. The lowest BCUT2D eigenvalue weighted by molar-refractivity contribution is -0.102. The monoisotopic (exact) mass is 435 g/mol. The molecule has 0 saturated carbocycles. The molecule has 7 nitrogen and oxygen atoms in total. The maximum Gasteiger partial charge on any atom is 0.270 e. The van der Waals surface area contributed by atoms with Crippen molar-refractivity contribution >= 4 is 27.3 Å². The Morgan fingerprint density at radius 2 is 2.03 bits per heavy atom. The zero-order valence-corrected chi connectivity index (χ0v) is 18.2. The highest BCUT2D eigenvalue weighted by molar-refractivity contribution is 7.89. The Labute approximate surface area is 175 Å². The molecule has 2 aromatic rings. The van der Waals surface area contributed by atoms with Crippen LogP contribution in [0.25, 0.3) is 0 Å². The molecule has 0 unspecified atom stereocenters. The quantitative estimate of drug-likeness (QED) is 0.753. The molecule has 2 saturated heterocycles. The van der Waals surface area contributed by atoms with Crippen LogP contribution in [0.3, 0.4) is 0 Å². The molecule has 0 bridgehead atoms. The van der Waals surface area contributed by atoms with Crippen LogP contribution in [-0.4, -0.2) is 55.5 Å². The summed E-state index contributed by atoms with van der Waals surface area (Å²) in [4.78, 5) is 16.4. The number of amides is 1. The zero-order chi connectivity index (χ0) is 20.6. The van der Waals surface area contributed by atoms with Crippen molar-refractivity contribution < 1.29 is 17.9 Å². The van der Waals surface area contributed by atoms with Gasteiger partial charge in [-0.2, -0.15) is 4.31 Å². The van der Waals surface area contributed by atoms with Gasteiger partial charge in [-0.05, 0) is 55.9 Å². The Morgan fingerprint density at radius 1 is 1.31 bits per heavy atom. The van der Waals surface area contributed by atoms with Gasteiger partial charge >= 0.3 is 0 Å². The van der Waals surface area contributed by atoms with Gasteiger partial charge in [0.25, 0.3) is 5.91 Å². The number of benzene rings is 1. The topological polar surface area (TPSA) is 88.6 Å². The van der Waals surface area contributed by atoms with E-state index in [-0.39, 0.29) is 11.8 Å². The average Bonchev–Trinajstić information content (AvgIpc) is 3.29. The molecule has 2 fully saturated rings. The number of thiazole rings is 1. The predicted octanol–water partition coefficient (Wildman–Crippen LogP) is 2.36. The summed E-state index contributed by atoms with van der Waals surface area (Å²) < 4.78 is 33.5. The summed E-state index contributed by atoms with van der Waals surface area (Å²) in [6.07, 6.45) is 1.64. The first-order valence-electron chi connectivity index (χ1n) is 9.69. The van der Waals surface area contributed by atoms with Crippen molar-refractivity contribution in [1.82, 2.24) is 14.6 Å². The van der Waals surface area contributed by atoms with Crippen LogP contribution in [0, 0.1) is 19.8 Å². The number of rotatable bonds is 6. The SMILES string of the molecule is Cc1cc(C)cc(S(=O)(=O)N2CC3(C2)OCC[C@H]3CCNC(=O)c2cscn2)c1. The average molecular weight is 436 g/mol. The van der Waals surface area contributed by atoms with Crippen molar-refractivity contribution in [3.05, 3.63) is 45.9 Å². The number of sulfonamides is 1. The molecular weight excluding hydrogens is 410 g/mol. The summed E-state index contributed by atoms with van der Waals surface area (Å²) in [6, 6.07) is 5.40. The third-order valence-corrected chi connectivity index (χ3v) is 8.12. The van der Waals surface area contributed by atoms with Gasteiger partial charge in [0.2, 0.25) is 10.0 Å². The molecule has 1 aromatic carbocycles. The fourth-order valence-electron chi connectivity index (χ4n) is 4.27. The minimum Gasteiger partial charge on any atom is -0.372 e. The van der Waals surface area contributed by atoms with Crippen LogP contribution in [-0.2, 0) is 14.8 Å². The van der Waals surface area contributed by atoms with E-state index in [0.717, 1.165) is 24.0 Å². The molecule has 29 heavy (non-hydrogen) atoms. The second kappa shape index (κ2) is 7.79. The molecule has 2 aliphatic rings. The van der Waals surface area contributed by atoms with Crippen molar-refractivity contribution in [2.75, 3.05) is 26.2 Å². The Hall–Kier alpha value is -1.81. The fraction of sp³-hybridized carbons (Fsp3) is 0.500. The summed E-state index contributed by atoms with van der Waals surface area (Å²) in [5.41, 5.74) is 3.50. The largest absolute Gasteiger partial charge is 0.372 e. The minimum atomic E-state index is -3.52. The third-order valence-electron chi connectivity index (χ3n) is 5.76. The van der Waals surface area contributed by atoms with Gasteiger partial charge in [-0.3, -0.25) is 4.79 Å². The first-order chi connectivity index (χ1) is 13.8. The van der Waals surface area contributed by atoms with Gasteiger partial charge in [-0.1, -0.05) is 6.07 Å². The van der Waals surface area contributed by atoms with Crippen LogP contribution in [0.4, 0.5) is 0 Å². The predicted molar refractivity (Wildman–Crippen MR) is 111 cm³/mol. The molecule has 4 rings (SSSR count). The molecular formula is C20H25N3O4S2. The zero-order valence-electron chi connectivity index (χ0n) is 16.6. The van der Waals surface area contributed by atoms with Crippen LogP contribution in [0.1, 0.15) is 34.5 Å². The van der Waals surface area contributed by atoms with E-state index in [0.29, 0.717) is 36.8 Å². The summed E-state index contributed by atoms with van der Waals surface area (Å²) in [5, 5.41) is 4.61. The molecule has 2 aliphatic heterocycles. The molecule has 3 heterocycles. The first kappa shape index (κ1) is 20.5. The number of hydrogen-bond acceptors (Lipinski definition) is 6. The molecule has 0 aliphatic carbocycles. The lowest BCUT2D eigenvalue weighted by Crippen LogP contribution is -2.66. The lowest BCUT2D eigenvalue weighted by atomic mass is 9.80. The van der Waals surface area contributed by atoms with Gasteiger partial charge < -0.3 is 10.1 Å². The highest BCUT2D eigenvalue weighted by atomic mass is 32.2. The van der Waals surface area contributed by atoms with Crippen molar-refractivity contribution in [2.24, 2.45) is 5.92 Å². The number of hydrogen-bond donors (Lipinski definition) is 1. The summed E-state index contributed by atoms with van der Waals surface area (Å²) in [6.45, 7) is 5.69. The first-order valence-corrected chi connectivity index (χ1v) is 12.1. The van der Waals surface area contributed by atoms with Gasteiger partial charge in [-0.25, -0.2) is 13.4 Å². The van der Waals surface area contributed by atoms with E-state index in [2.05, 4.69) is 10.3 Å². The fourth-order valence-corrected chi connectivity index (χ4v) is 6.55. The number of ether oxygens (including phenoxy) is 1. The molecule has 156 valence electrons. The Morgan fingerprint density at radius 3 is 2.69 bits per heavy atom. The second-order valence-electron chi connectivity index (χ2n) is 7.91. The van der Waals surface area contributed by atoms with E-state index >= 15 is 0 Å². The van der Waals surface area contributed by atoms with E-state index in [9.17, 15) is 13.2 Å². The van der Waals surface area contributed by atoms with Gasteiger partial charge in [0.05, 0.1) is 16.0 Å². The molecule has 1 aromatic heterocycles. The Kier molecular flexibility index (Phi) is 5.50. The van der Waals surface area contributed by atoms with E-state index in [1.807, 2.05) is 19.9 Å². The van der Waals surface area contributed by atoms with E-state index in [1.165, 1.54) is 15.6 Å². The second-order valence-corrected chi connectivity index (χ2v) is 10.6. The molecule has 9 heteroatoms. The summed E-state index contributed by atoms with van der Waals surface area (Å²) in [5.74, 6) is 0.0516. The van der Waals surface area contributed by atoms with Crippen molar-refractivity contribution in [3.8, 4) is 0 Å². The van der Waals surface area contributed by atoms with E-state index in [4.69, 9.17) is 4.74 Å². The number of carbonyl (C=O) groups is 1. The number of aryl methyl sites for hydroxylation is 2. The van der Waals surface area contributed by atoms with Gasteiger partial charge in [0.1, 0.15) is 5.69 Å². The van der Waals surface area contributed by atoms with Crippen molar-refractivity contribution in [1.29, 1.82) is 0 Å². The highest BCUT2D eigenvalue weighted by Gasteiger charge is 2.56. The van der Waals surface area contributed by atoms with Crippen LogP contribution in [0.2, 0.25) is 0 Å². The molecule has 1 spiro atoms. The Balaban J connectivity index is 1.37. The van der Waals surface area contributed by atoms with Crippen LogP contribution < -0.4 is 5.32 Å². The summed E-state index contributed by atoms with van der Waals surface area (Å²) in [7, 11) is -3.52. The maximum atomic E-state index is 13.0. The number of aromatic nitrogens is 1. The van der Waals surface area contributed by atoms with Crippen LogP contribution in [0.15, 0.2) is 34.0 Å². The van der Waals surface area contributed by atoms with E-state index in [1.54, 1.807) is 23.0 Å². The molecule has 0 radical (unpaired) electrons. The normalized spacial score (nSPS) is 21.2. The Bertz CT molecular complexity index is 978. The highest BCUT2D eigenvalue weighted by Crippen LogP contribution is 2.43. The third kappa shape index (κ3) is 3.96. The van der Waals surface area contributed by atoms with Crippen molar-refractivity contribution in [3.63, 3.8) is 0 Å². The molecule has 1 amide bonds. The smallest absolute Gasteiger partial charge is 0.270 e. The molecule has 1 N–H and O–H groups in total. The summed E-state index contributed by atoms with van der Waals surface area (Å²) >= 11 is 1.39. The number of carbonyl (C=O) groups excluding carboxylic acids is 1. The minimum absolute atomic E-state index is 0.174. The molecule has 1 atom stereocenters. The van der Waals surface area contributed by atoms with Gasteiger partial charge in [-0.15, -0.1) is 11.3 Å². The van der Waals surface area contributed by atoms with Gasteiger partial charge in [0.15, 0.2) is 0 Å². The number of nitrogens with one attached hydrogen (secondary N) is 1. The van der Waals surface area contributed by atoms with E-state index < -0.39 is 15.6 Å². The number of nitrogens with zero attached hydrogens (tertiary/aromatic N) is 2. The van der Waals surface area contributed by atoms with Gasteiger partial charge in [0, 0.05) is 31.6 Å².